The zero-order valence-corrected chi connectivity index (χ0v) is 15.5. The van der Waals surface area contributed by atoms with E-state index >= 15 is 0 Å². The van der Waals surface area contributed by atoms with Crippen LogP contribution in [0.4, 0.5) is 16.1 Å². The molecule has 0 radical (unpaired) electrons. The lowest BCUT2D eigenvalue weighted by Gasteiger charge is -2.01. The Morgan fingerprint density at radius 1 is 1.40 bits per heavy atom. The normalized spacial score (nSPS) is 10.6. The van der Waals surface area contributed by atoms with Crippen LogP contribution >= 0.6 is 34.3 Å². The van der Waals surface area contributed by atoms with E-state index in [1.165, 1.54) is 22.7 Å². The van der Waals surface area contributed by atoms with Gasteiger partial charge in [0.05, 0.1) is 34.3 Å². The molecule has 0 saturated carbocycles. The van der Waals surface area contributed by atoms with Crippen LogP contribution in [0.2, 0.25) is 5.02 Å². The van der Waals surface area contributed by atoms with Crippen LogP contribution < -0.4 is 11.1 Å². The quantitative estimate of drug-likeness (QED) is 0.612. The molecule has 3 heterocycles. The van der Waals surface area contributed by atoms with Crippen LogP contribution in [-0.2, 0) is 16.0 Å². The van der Waals surface area contributed by atoms with Gasteiger partial charge < -0.3 is 15.8 Å². The van der Waals surface area contributed by atoms with E-state index in [1.54, 1.807) is 25.3 Å². The first kappa shape index (κ1) is 17.6. The van der Waals surface area contributed by atoms with Crippen molar-refractivity contribution in [1.82, 2.24) is 15.0 Å². The smallest absolute Gasteiger partial charge is 0.311 e. The number of rotatable bonds is 6. The minimum absolute atomic E-state index is 0.0654. The first-order chi connectivity index (χ1) is 12.0. The highest BCUT2D eigenvalue weighted by Crippen LogP contribution is 2.34. The van der Waals surface area contributed by atoms with Crippen molar-refractivity contribution in [2.75, 3.05) is 17.7 Å². The molecule has 0 unspecified atom stereocenters. The molecule has 0 spiro atoms. The van der Waals surface area contributed by atoms with E-state index in [-0.39, 0.29) is 12.4 Å². The van der Waals surface area contributed by atoms with E-state index in [2.05, 4.69) is 20.3 Å². The van der Waals surface area contributed by atoms with E-state index in [0.29, 0.717) is 39.1 Å². The number of nitrogens with one attached hydrogen (secondary N) is 1. The van der Waals surface area contributed by atoms with Crippen LogP contribution in [0.25, 0.3) is 10.6 Å². The summed E-state index contributed by atoms with van der Waals surface area (Å²) in [6.45, 7) is 2.09. The zero-order valence-electron chi connectivity index (χ0n) is 13.2. The average molecular weight is 396 g/mol. The van der Waals surface area contributed by atoms with Crippen LogP contribution in [0, 0.1) is 0 Å². The van der Waals surface area contributed by atoms with Crippen LogP contribution in [-0.4, -0.2) is 27.5 Å². The lowest BCUT2D eigenvalue weighted by atomic mass is 10.2. The third kappa shape index (κ3) is 4.44. The SMILES string of the molecule is CCOC(=O)Cc1nc(N)sc1-c1csc(Nc2ccc(Cl)cn2)n1. The molecule has 0 atom stereocenters. The van der Waals surface area contributed by atoms with Gasteiger partial charge in [0.15, 0.2) is 10.3 Å². The molecule has 25 heavy (non-hydrogen) atoms. The van der Waals surface area contributed by atoms with Crippen molar-refractivity contribution in [3.05, 3.63) is 34.4 Å². The Morgan fingerprint density at radius 2 is 2.24 bits per heavy atom. The minimum Gasteiger partial charge on any atom is -0.466 e. The Labute approximate surface area is 156 Å². The summed E-state index contributed by atoms with van der Waals surface area (Å²) < 4.78 is 4.98. The average Bonchev–Trinajstić information content (AvgIpc) is 3.16. The molecule has 3 aromatic heterocycles. The molecule has 0 aromatic carbocycles. The van der Waals surface area contributed by atoms with Gasteiger partial charge in [-0.05, 0) is 19.1 Å². The molecule has 0 fully saturated rings. The maximum absolute atomic E-state index is 11.7. The van der Waals surface area contributed by atoms with Crippen molar-refractivity contribution in [3.8, 4) is 10.6 Å². The van der Waals surface area contributed by atoms with Gasteiger partial charge in [0, 0.05) is 11.6 Å². The second-order valence-electron chi connectivity index (χ2n) is 4.83. The van der Waals surface area contributed by atoms with Gasteiger partial charge in [-0.25, -0.2) is 15.0 Å². The number of hydrogen-bond acceptors (Lipinski definition) is 9. The lowest BCUT2D eigenvalue weighted by molar-refractivity contribution is -0.142. The summed E-state index contributed by atoms with van der Waals surface area (Å²) in [5.74, 6) is 0.300. The third-order valence-electron chi connectivity index (χ3n) is 3.03. The fourth-order valence-corrected chi connectivity index (χ4v) is 3.74. The van der Waals surface area contributed by atoms with Gasteiger partial charge in [0.25, 0.3) is 0 Å². The maximum atomic E-state index is 11.7. The highest BCUT2D eigenvalue weighted by Gasteiger charge is 2.18. The molecule has 10 heteroatoms. The molecular formula is C15H14ClN5O2S2. The van der Waals surface area contributed by atoms with Gasteiger partial charge >= 0.3 is 5.97 Å². The van der Waals surface area contributed by atoms with E-state index < -0.39 is 0 Å². The van der Waals surface area contributed by atoms with Gasteiger partial charge in [-0.1, -0.05) is 22.9 Å². The third-order valence-corrected chi connectivity index (χ3v) is 4.96. The number of carbonyl (C=O) groups is 1. The van der Waals surface area contributed by atoms with Crippen molar-refractivity contribution < 1.29 is 9.53 Å². The van der Waals surface area contributed by atoms with Crippen LogP contribution in [0.15, 0.2) is 23.7 Å². The number of nitrogens with two attached hydrogens (primary N) is 1. The van der Waals surface area contributed by atoms with Crippen LogP contribution in [0.5, 0.6) is 0 Å². The predicted molar refractivity (Wildman–Crippen MR) is 101 cm³/mol. The summed E-state index contributed by atoms with van der Waals surface area (Å²) in [6, 6.07) is 3.51. The van der Waals surface area contributed by atoms with E-state index in [4.69, 9.17) is 22.1 Å². The van der Waals surface area contributed by atoms with Crippen molar-refractivity contribution in [1.29, 1.82) is 0 Å². The molecule has 0 saturated heterocycles. The highest BCUT2D eigenvalue weighted by molar-refractivity contribution is 7.19. The topological polar surface area (TPSA) is 103 Å². The van der Waals surface area contributed by atoms with Gasteiger partial charge in [0.2, 0.25) is 0 Å². The Hall–Kier alpha value is -2.23. The first-order valence-electron chi connectivity index (χ1n) is 7.30. The monoisotopic (exact) mass is 395 g/mol. The number of carbonyl (C=O) groups excluding carboxylic acids is 1. The van der Waals surface area contributed by atoms with E-state index in [9.17, 15) is 4.79 Å². The number of nitrogens with zero attached hydrogens (tertiary/aromatic N) is 3. The minimum atomic E-state index is -0.340. The summed E-state index contributed by atoms with van der Waals surface area (Å²) in [4.78, 5) is 25.4. The van der Waals surface area contributed by atoms with Crippen LogP contribution in [0.1, 0.15) is 12.6 Å². The molecule has 0 amide bonds. The fourth-order valence-electron chi connectivity index (χ4n) is 2.03. The molecule has 0 aliphatic carbocycles. The Bertz CT molecular complexity index is 878. The van der Waals surface area contributed by atoms with Gasteiger partial charge in [0.1, 0.15) is 5.82 Å². The molecular weight excluding hydrogens is 382 g/mol. The second kappa shape index (κ2) is 7.77. The molecule has 0 aliphatic rings. The van der Waals surface area contributed by atoms with Gasteiger partial charge in [-0.3, -0.25) is 4.79 Å². The van der Waals surface area contributed by atoms with Crippen molar-refractivity contribution in [2.45, 2.75) is 13.3 Å². The number of hydrogen-bond donors (Lipinski definition) is 2. The molecule has 3 N–H and O–H groups in total. The number of pyridine rings is 1. The Kier molecular flexibility index (Phi) is 5.47. The maximum Gasteiger partial charge on any atom is 0.311 e. The number of thiazole rings is 2. The fraction of sp³-hybridized carbons (Fsp3) is 0.200. The number of ether oxygens (including phenoxy) is 1. The van der Waals surface area contributed by atoms with Crippen molar-refractivity contribution in [2.24, 2.45) is 0 Å². The second-order valence-corrected chi connectivity index (χ2v) is 7.16. The van der Waals surface area contributed by atoms with E-state index in [0.717, 1.165) is 4.88 Å². The van der Waals surface area contributed by atoms with Crippen molar-refractivity contribution >= 4 is 56.3 Å². The Morgan fingerprint density at radius 3 is 2.96 bits per heavy atom. The summed E-state index contributed by atoms with van der Waals surface area (Å²) >= 11 is 8.53. The molecule has 7 nitrogen and oxygen atoms in total. The molecule has 130 valence electrons. The van der Waals surface area contributed by atoms with Gasteiger partial charge in [-0.2, -0.15) is 0 Å². The van der Waals surface area contributed by atoms with E-state index in [1.807, 2.05) is 5.38 Å². The van der Waals surface area contributed by atoms with Crippen LogP contribution in [0.3, 0.4) is 0 Å². The molecule has 3 aromatic rings. The number of nitrogen functional groups attached to an aromatic ring is 1. The van der Waals surface area contributed by atoms with Crippen molar-refractivity contribution in [3.63, 3.8) is 0 Å². The molecule has 3 rings (SSSR count). The summed E-state index contributed by atoms with van der Waals surface area (Å²) in [7, 11) is 0. The Balaban J connectivity index is 1.80. The number of anilines is 3. The molecule has 0 bridgehead atoms. The number of halogens is 1. The zero-order chi connectivity index (χ0) is 17.8. The highest BCUT2D eigenvalue weighted by atomic mass is 35.5. The predicted octanol–water partition coefficient (Wildman–Crippen LogP) is 3.75. The largest absolute Gasteiger partial charge is 0.466 e. The summed E-state index contributed by atoms with van der Waals surface area (Å²) in [5, 5.41) is 6.60. The molecule has 0 aliphatic heterocycles. The number of aromatic nitrogens is 3. The first-order valence-corrected chi connectivity index (χ1v) is 9.38. The standard InChI is InChI=1S/C15H14ClN5O2S2/c1-2-23-12(22)5-9-13(25-14(17)19-9)10-7-24-15(20-10)21-11-4-3-8(16)6-18-11/h3-4,6-7H,2,5H2,1H3,(H2,17,19)(H,18,20,21). The summed E-state index contributed by atoms with van der Waals surface area (Å²) in [6.07, 6.45) is 1.62. The summed E-state index contributed by atoms with van der Waals surface area (Å²) in [5.41, 5.74) is 7.08. The number of esters is 1. The van der Waals surface area contributed by atoms with Gasteiger partial charge in [-0.15, -0.1) is 11.3 Å². The lowest BCUT2D eigenvalue weighted by Crippen LogP contribution is -2.08.